The molecule has 4 heteroatoms. The molecule has 1 aliphatic carbocycles. The van der Waals surface area contributed by atoms with Crippen LogP contribution in [0.1, 0.15) is 19.8 Å². The molecule has 0 spiro atoms. The van der Waals surface area contributed by atoms with Crippen molar-refractivity contribution in [2.75, 3.05) is 0 Å². The average Bonchev–Trinajstić information content (AvgIpc) is 1.86. The van der Waals surface area contributed by atoms with Crippen LogP contribution in [-0.4, -0.2) is 13.0 Å². The second-order valence-corrected chi connectivity index (χ2v) is 4.03. The first-order valence-electron chi connectivity index (χ1n) is 3.35. The van der Waals surface area contributed by atoms with Gasteiger partial charge in [0.1, 0.15) is 0 Å². The van der Waals surface area contributed by atoms with Crippen LogP contribution in [0, 0.1) is 0 Å². The van der Waals surface area contributed by atoms with E-state index in [1.54, 1.807) is 0 Å². The van der Waals surface area contributed by atoms with Crippen molar-refractivity contribution in [2.24, 2.45) is 0 Å². The van der Waals surface area contributed by atoms with Crippen LogP contribution in [0.2, 0.25) is 0 Å². The van der Waals surface area contributed by atoms with Gasteiger partial charge in [-0.2, -0.15) is 8.42 Å². The van der Waals surface area contributed by atoms with E-state index in [4.69, 9.17) is 4.55 Å². The van der Waals surface area contributed by atoms with Crippen LogP contribution < -0.4 is 0 Å². The van der Waals surface area contributed by atoms with Crippen molar-refractivity contribution in [3.8, 4) is 0 Å². The molecule has 0 radical (unpaired) electrons. The Balaban J connectivity index is 3.01. The third-order valence-electron chi connectivity index (χ3n) is 1.57. The number of allylic oxidation sites excluding steroid dienone is 3. The first-order chi connectivity index (χ1) is 5.00. The van der Waals surface area contributed by atoms with Crippen molar-refractivity contribution < 1.29 is 13.0 Å². The summed E-state index contributed by atoms with van der Waals surface area (Å²) in [5.74, 6) is 0. The summed E-state index contributed by atoms with van der Waals surface area (Å²) >= 11 is 0. The van der Waals surface area contributed by atoms with Crippen LogP contribution >= 0.6 is 0 Å². The quantitative estimate of drug-likeness (QED) is 0.613. The van der Waals surface area contributed by atoms with Crippen LogP contribution in [0.3, 0.4) is 0 Å². The highest BCUT2D eigenvalue weighted by Gasteiger charge is 2.13. The van der Waals surface area contributed by atoms with Gasteiger partial charge in [0.05, 0.1) is 4.91 Å². The van der Waals surface area contributed by atoms with Gasteiger partial charge in [0.2, 0.25) is 0 Å². The van der Waals surface area contributed by atoms with Gasteiger partial charge in [0.15, 0.2) is 0 Å². The molecule has 62 valence electrons. The van der Waals surface area contributed by atoms with Gasteiger partial charge in [-0.05, 0) is 25.8 Å². The van der Waals surface area contributed by atoms with Gasteiger partial charge in [-0.1, -0.05) is 11.6 Å². The van der Waals surface area contributed by atoms with E-state index in [-0.39, 0.29) is 4.91 Å². The highest BCUT2D eigenvalue weighted by molar-refractivity contribution is 7.90. The third kappa shape index (κ3) is 2.17. The highest BCUT2D eigenvalue weighted by Crippen LogP contribution is 2.19. The Morgan fingerprint density at radius 2 is 2.18 bits per heavy atom. The standard InChI is InChI=1S/C7H10O3S/c1-6-3-2-4-7(5-6)11(8,9)10/h4-5H,2-3H2,1H3,(H,8,9,10). The number of hydrogen-bond donors (Lipinski definition) is 1. The van der Waals surface area contributed by atoms with Crippen molar-refractivity contribution in [3.63, 3.8) is 0 Å². The lowest BCUT2D eigenvalue weighted by Gasteiger charge is -2.06. The molecule has 0 saturated carbocycles. The van der Waals surface area contributed by atoms with Crippen LogP contribution in [0.25, 0.3) is 0 Å². The van der Waals surface area contributed by atoms with E-state index < -0.39 is 10.1 Å². The molecule has 0 heterocycles. The molecule has 0 aromatic rings. The molecule has 0 aromatic heterocycles. The molecule has 0 aliphatic heterocycles. The molecule has 3 nitrogen and oxygen atoms in total. The normalized spacial score (nSPS) is 19.1. The van der Waals surface area contributed by atoms with E-state index in [0.29, 0.717) is 6.42 Å². The summed E-state index contributed by atoms with van der Waals surface area (Å²) in [5.41, 5.74) is 0.986. The molecule has 1 rings (SSSR count). The highest BCUT2D eigenvalue weighted by atomic mass is 32.2. The maximum Gasteiger partial charge on any atom is 0.294 e. The molecule has 0 fully saturated rings. The summed E-state index contributed by atoms with van der Waals surface area (Å²) in [6.45, 7) is 1.85. The number of hydrogen-bond acceptors (Lipinski definition) is 2. The predicted octanol–water partition coefficient (Wildman–Crippen LogP) is 1.50. The van der Waals surface area contributed by atoms with Crippen LogP contribution in [0.5, 0.6) is 0 Å². The van der Waals surface area contributed by atoms with Gasteiger partial charge in [0, 0.05) is 0 Å². The fraction of sp³-hybridized carbons (Fsp3) is 0.429. The Labute approximate surface area is 66.2 Å². The minimum atomic E-state index is -3.97. The van der Waals surface area contributed by atoms with E-state index in [2.05, 4.69) is 0 Å². The fourth-order valence-corrected chi connectivity index (χ4v) is 1.67. The molecule has 0 amide bonds. The lowest BCUT2D eigenvalue weighted by molar-refractivity contribution is 0.491. The summed E-state index contributed by atoms with van der Waals surface area (Å²) in [5, 5.41) is 0. The molecule has 0 atom stereocenters. The predicted molar refractivity (Wildman–Crippen MR) is 42.6 cm³/mol. The van der Waals surface area contributed by atoms with Gasteiger partial charge in [0.25, 0.3) is 10.1 Å². The fourth-order valence-electron chi connectivity index (χ4n) is 0.996. The minimum Gasteiger partial charge on any atom is -0.282 e. The second kappa shape index (κ2) is 2.79. The summed E-state index contributed by atoms with van der Waals surface area (Å²) in [4.78, 5) is 0.0289. The zero-order chi connectivity index (χ0) is 8.48. The molecule has 1 aliphatic rings. The van der Waals surface area contributed by atoms with Crippen LogP contribution in [-0.2, 0) is 10.1 Å². The minimum absolute atomic E-state index is 0.0289. The number of rotatable bonds is 1. The Hall–Kier alpha value is -0.610. The summed E-state index contributed by atoms with van der Waals surface area (Å²) in [6, 6.07) is 0. The molecular formula is C7H10O3S. The summed E-state index contributed by atoms with van der Waals surface area (Å²) in [7, 11) is -3.97. The maximum atomic E-state index is 10.6. The average molecular weight is 174 g/mol. The molecule has 11 heavy (non-hydrogen) atoms. The van der Waals surface area contributed by atoms with Gasteiger partial charge in [-0.15, -0.1) is 0 Å². The topological polar surface area (TPSA) is 54.4 Å². The Morgan fingerprint density at radius 1 is 1.55 bits per heavy atom. The maximum absolute atomic E-state index is 10.6. The molecular weight excluding hydrogens is 164 g/mol. The van der Waals surface area contributed by atoms with Gasteiger partial charge >= 0.3 is 0 Å². The molecule has 0 saturated heterocycles. The van der Waals surface area contributed by atoms with Gasteiger partial charge < -0.3 is 0 Å². The van der Waals surface area contributed by atoms with Crippen molar-refractivity contribution in [3.05, 3.63) is 22.6 Å². The lowest BCUT2D eigenvalue weighted by atomic mass is 10.1. The van der Waals surface area contributed by atoms with Crippen molar-refractivity contribution >= 4 is 10.1 Å². The van der Waals surface area contributed by atoms with E-state index in [1.807, 2.05) is 6.92 Å². The molecule has 0 bridgehead atoms. The molecule has 0 aromatic carbocycles. The lowest BCUT2D eigenvalue weighted by Crippen LogP contribution is -2.02. The van der Waals surface area contributed by atoms with Gasteiger partial charge in [-0.25, -0.2) is 0 Å². The monoisotopic (exact) mass is 174 g/mol. The van der Waals surface area contributed by atoms with E-state index in [1.165, 1.54) is 12.2 Å². The zero-order valence-electron chi connectivity index (χ0n) is 6.24. The largest absolute Gasteiger partial charge is 0.294 e. The molecule has 1 N–H and O–H groups in total. The zero-order valence-corrected chi connectivity index (χ0v) is 7.06. The van der Waals surface area contributed by atoms with Crippen LogP contribution in [0.15, 0.2) is 22.6 Å². The SMILES string of the molecule is CC1=CC(S(=O)(=O)O)=CCC1. The van der Waals surface area contributed by atoms with E-state index >= 15 is 0 Å². The van der Waals surface area contributed by atoms with Crippen molar-refractivity contribution in [1.82, 2.24) is 0 Å². The Kier molecular flexibility index (Phi) is 2.15. The van der Waals surface area contributed by atoms with Crippen LogP contribution in [0.4, 0.5) is 0 Å². The first-order valence-corrected chi connectivity index (χ1v) is 4.79. The van der Waals surface area contributed by atoms with E-state index in [9.17, 15) is 8.42 Å². The third-order valence-corrected chi connectivity index (χ3v) is 2.45. The smallest absolute Gasteiger partial charge is 0.282 e. The van der Waals surface area contributed by atoms with Crippen molar-refractivity contribution in [2.45, 2.75) is 19.8 Å². The van der Waals surface area contributed by atoms with Gasteiger partial charge in [-0.3, -0.25) is 4.55 Å². The van der Waals surface area contributed by atoms with Crippen molar-refractivity contribution in [1.29, 1.82) is 0 Å². The Morgan fingerprint density at radius 3 is 2.55 bits per heavy atom. The second-order valence-electron chi connectivity index (χ2n) is 2.61. The first kappa shape index (κ1) is 8.49. The summed E-state index contributed by atoms with van der Waals surface area (Å²) in [6.07, 6.45) is 4.59. The Bertz CT molecular complexity index is 309. The van der Waals surface area contributed by atoms with E-state index in [0.717, 1.165) is 12.0 Å². The molecule has 0 unspecified atom stereocenters. The summed E-state index contributed by atoms with van der Waals surface area (Å²) < 4.78 is 29.8.